The van der Waals surface area contributed by atoms with Gasteiger partial charge in [0.1, 0.15) is 10.7 Å². The summed E-state index contributed by atoms with van der Waals surface area (Å²) in [6, 6.07) is 7.22. The van der Waals surface area contributed by atoms with Crippen molar-refractivity contribution < 1.29 is 0 Å². The lowest BCUT2D eigenvalue weighted by atomic mass is 10.2. The molecule has 2 rings (SSSR count). The summed E-state index contributed by atoms with van der Waals surface area (Å²) in [7, 11) is 3.23. The van der Waals surface area contributed by atoms with Crippen LogP contribution in [-0.4, -0.2) is 23.0 Å². The number of hydrogen-bond donors (Lipinski definition) is 0. The van der Waals surface area contributed by atoms with Gasteiger partial charge in [-0.3, -0.25) is 9.80 Å². The minimum atomic E-state index is -0.363. The first-order valence-electron chi connectivity index (χ1n) is 5.74. The van der Waals surface area contributed by atoms with Gasteiger partial charge in [0, 0.05) is 19.1 Å². The minimum Gasteiger partial charge on any atom is -0.266 e. The number of benzene rings is 1. The fraction of sp³-hybridized carbons (Fsp3) is 0.154. The van der Waals surface area contributed by atoms with Crippen LogP contribution >= 0.6 is 23.2 Å². The summed E-state index contributed by atoms with van der Waals surface area (Å²) >= 11 is 11.8. The quantitative estimate of drug-likeness (QED) is 0.646. The van der Waals surface area contributed by atoms with Gasteiger partial charge >= 0.3 is 0 Å². The fourth-order valence-corrected chi connectivity index (χ4v) is 1.91. The van der Waals surface area contributed by atoms with Gasteiger partial charge in [-0.15, -0.1) is 0 Å². The number of nitrogens with zero attached hydrogens (tertiary/aromatic N) is 4. The number of halogens is 2. The first kappa shape index (κ1) is 14.6. The standard InChI is InChI=1S/C13H12Cl2N4O/c1-18(11-8-17-19(2)13(20)12(11)15)16-7-9-3-5-10(14)6-4-9/h3-8H,1-2H3/b16-7-. The van der Waals surface area contributed by atoms with E-state index in [1.807, 2.05) is 12.1 Å². The van der Waals surface area contributed by atoms with Crippen molar-refractivity contribution in [1.82, 2.24) is 9.78 Å². The second kappa shape index (κ2) is 6.07. The Morgan fingerprint density at radius 1 is 1.30 bits per heavy atom. The molecule has 1 heterocycles. The maximum Gasteiger partial charge on any atom is 0.287 e. The van der Waals surface area contributed by atoms with Crippen molar-refractivity contribution >= 4 is 35.1 Å². The third-order valence-electron chi connectivity index (χ3n) is 2.66. The summed E-state index contributed by atoms with van der Waals surface area (Å²) in [6.45, 7) is 0. The smallest absolute Gasteiger partial charge is 0.266 e. The van der Waals surface area contributed by atoms with Gasteiger partial charge in [0.2, 0.25) is 0 Å². The predicted molar refractivity (Wildman–Crippen MR) is 81.9 cm³/mol. The molecular weight excluding hydrogens is 299 g/mol. The molecule has 0 fully saturated rings. The highest BCUT2D eigenvalue weighted by Crippen LogP contribution is 2.19. The highest BCUT2D eigenvalue weighted by Gasteiger charge is 2.10. The van der Waals surface area contributed by atoms with Gasteiger partial charge in [-0.2, -0.15) is 10.2 Å². The predicted octanol–water partition coefficient (Wildman–Crippen LogP) is 2.56. The first-order valence-corrected chi connectivity index (χ1v) is 6.49. The van der Waals surface area contributed by atoms with E-state index in [1.165, 1.54) is 22.9 Å². The molecule has 0 bridgehead atoms. The van der Waals surface area contributed by atoms with Crippen molar-refractivity contribution in [3.8, 4) is 0 Å². The van der Waals surface area contributed by atoms with Crippen LogP contribution in [0.15, 0.2) is 40.4 Å². The second-order valence-corrected chi connectivity index (χ2v) is 4.91. The Morgan fingerprint density at radius 3 is 2.60 bits per heavy atom. The molecule has 0 amide bonds. The van der Waals surface area contributed by atoms with E-state index in [0.717, 1.165) is 5.56 Å². The zero-order valence-electron chi connectivity index (χ0n) is 10.9. The largest absolute Gasteiger partial charge is 0.287 e. The Labute approximate surface area is 126 Å². The number of anilines is 1. The molecule has 1 aromatic carbocycles. The van der Waals surface area contributed by atoms with Crippen LogP contribution in [0, 0.1) is 0 Å². The molecule has 0 atom stereocenters. The van der Waals surface area contributed by atoms with Gasteiger partial charge in [-0.25, -0.2) is 4.68 Å². The average Bonchev–Trinajstić information content (AvgIpc) is 2.44. The Bertz CT molecular complexity index is 695. The van der Waals surface area contributed by atoms with Gasteiger partial charge < -0.3 is 0 Å². The van der Waals surface area contributed by atoms with Gasteiger partial charge in [0.15, 0.2) is 0 Å². The van der Waals surface area contributed by atoms with Crippen molar-refractivity contribution in [3.05, 3.63) is 56.4 Å². The molecule has 7 heteroatoms. The lowest BCUT2D eigenvalue weighted by Crippen LogP contribution is -2.23. The van der Waals surface area contributed by atoms with Crippen LogP contribution in [0.25, 0.3) is 0 Å². The average molecular weight is 311 g/mol. The maximum absolute atomic E-state index is 11.7. The van der Waals surface area contributed by atoms with E-state index < -0.39 is 0 Å². The number of aromatic nitrogens is 2. The maximum atomic E-state index is 11.7. The molecule has 104 valence electrons. The molecule has 0 unspecified atom stereocenters. The molecule has 5 nitrogen and oxygen atoms in total. The van der Waals surface area contributed by atoms with Crippen molar-refractivity contribution in [3.63, 3.8) is 0 Å². The van der Waals surface area contributed by atoms with E-state index in [-0.39, 0.29) is 10.6 Å². The van der Waals surface area contributed by atoms with E-state index in [9.17, 15) is 4.79 Å². The summed E-state index contributed by atoms with van der Waals surface area (Å²) in [6.07, 6.45) is 3.13. The molecule has 0 radical (unpaired) electrons. The molecule has 20 heavy (non-hydrogen) atoms. The highest BCUT2D eigenvalue weighted by atomic mass is 35.5. The van der Waals surface area contributed by atoms with Crippen LogP contribution in [0.5, 0.6) is 0 Å². The summed E-state index contributed by atoms with van der Waals surface area (Å²) < 4.78 is 1.17. The Morgan fingerprint density at radius 2 is 1.95 bits per heavy atom. The number of rotatable bonds is 3. The number of hydrogen-bond acceptors (Lipinski definition) is 4. The highest BCUT2D eigenvalue weighted by molar-refractivity contribution is 6.33. The molecule has 0 aliphatic heterocycles. The van der Waals surface area contributed by atoms with Crippen LogP contribution < -0.4 is 10.6 Å². The van der Waals surface area contributed by atoms with E-state index in [4.69, 9.17) is 23.2 Å². The molecule has 0 N–H and O–H groups in total. The summed E-state index contributed by atoms with van der Waals surface area (Å²) in [5.74, 6) is 0. The monoisotopic (exact) mass is 310 g/mol. The van der Waals surface area contributed by atoms with E-state index in [2.05, 4.69) is 10.2 Å². The third-order valence-corrected chi connectivity index (χ3v) is 3.27. The zero-order valence-corrected chi connectivity index (χ0v) is 12.4. The van der Waals surface area contributed by atoms with Gasteiger partial charge in [0.25, 0.3) is 5.56 Å². The van der Waals surface area contributed by atoms with Crippen molar-refractivity contribution in [2.75, 3.05) is 12.1 Å². The van der Waals surface area contributed by atoms with Crippen molar-refractivity contribution in [2.45, 2.75) is 0 Å². The van der Waals surface area contributed by atoms with Gasteiger partial charge in [-0.1, -0.05) is 35.3 Å². The molecule has 0 saturated heterocycles. The van der Waals surface area contributed by atoms with Crippen LogP contribution in [0.4, 0.5) is 5.69 Å². The topological polar surface area (TPSA) is 50.5 Å². The van der Waals surface area contributed by atoms with Gasteiger partial charge in [-0.05, 0) is 17.7 Å². The molecule has 0 aliphatic rings. The second-order valence-electron chi connectivity index (χ2n) is 4.09. The van der Waals surface area contributed by atoms with Crippen LogP contribution in [0.3, 0.4) is 0 Å². The SMILES string of the molecule is CN(/N=C\c1ccc(Cl)cc1)c1cnn(C)c(=O)c1Cl. The molecule has 0 saturated carbocycles. The Kier molecular flexibility index (Phi) is 4.42. The van der Waals surface area contributed by atoms with E-state index in [1.54, 1.807) is 25.4 Å². The Balaban J connectivity index is 2.24. The first-order chi connectivity index (χ1) is 9.49. The molecular formula is C13H12Cl2N4O. The van der Waals surface area contributed by atoms with Crippen molar-refractivity contribution in [1.29, 1.82) is 0 Å². The molecule has 0 spiro atoms. The third kappa shape index (κ3) is 3.18. The minimum absolute atomic E-state index is 0.0817. The Hall–Kier alpha value is -1.85. The summed E-state index contributed by atoms with van der Waals surface area (Å²) in [5, 5.41) is 10.4. The lowest BCUT2D eigenvalue weighted by molar-refractivity contribution is 0.705. The fourth-order valence-electron chi connectivity index (χ4n) is 1.49. The summed E-state index contributed by atoms with van der Waals surface area (Å²) in [4.78, 5) is 11.7. The van der Waals surface area contributed by atoms with E-state index >= 15 is 0 Å². The van der Waals surface area contributed by atoms with E-state index in [0.29, 0.717) is 10.7 Å². The van der Waals surface area contributed by atoms with Crippen LogP contribution in [0.1, 0.15) is 5.56 Å². The molecule has 1 aromatic heterocycles. The van der Waals surface area contributed by atoms with Crippen molar-refractivity contribution in [2.24, 2.45) is 12.1 Å². The number of aryl methyl sites for hydroxylation is 1. The summed E-state index contributed by atoms with van der Waals surface area (Å²) in [5.41, 5.74) is 0.965. The normalized spacial score (nSPS) is 11.0. The molecule has 2 aromatic rings. The molecule has 0 aliphatic carbocycles. The van der Waals surface area contributed by atoms with Crippen LogP contribution in [0.2, 0.25) is 10.0 Å². The van der Waals surface area contributed by atoms with Gasteiger partial charge in [0.05, 0.1) is 12.4 Å². The number of hydrazone groups is 1. The van der Waals surface area contributed by atoms with Crippen LogP contribution in [-0.2, 0) is 7.05 Å². The lowest BCUT2D eigenvalue weighted by Gasteiger charge is -2.13. The zero-order chi connectivity index (χ0) is 14.7.